The summed E-state index contributed by atoms with van der Waals surface area (Å²) in [6.45, 7) is 2.34. The van der Waals surface area contributed by atoms with Gasteiger partial charge in [-0.3, -0.25) is 0 Å². The van der Waals surface area contributed by atoms with Crippen LogP contribution in [0.5, 0.6) is 17.2 Å². The number of likely N-dealkylation sites (N-methyl/N-ethyl adjacent to an activating group) is 1. The molecule has 0 aromatic heterocycles. The molecule has 1 unspecified atom stereocenters. The van der Waals surface area contributed by atoms with Gasteiger partial charge in [-0.1, -0.05) is 36.4 Å². The van der Waals surface area contributed by atoms with Crippen molar-refractivity contribution in [2.45, 2.75) is 12.5 Å². The Hall–Kier alpha value is -3.02. The molecule has 0 aliphatic carbocycles. The molecule has 0 spiro atoms. The molecule has 5 heteroatoms. The number of fused-ring (bicyclic) bond motifs is 1. The van der Waals surface area contributed by atoms with Gasteiger partial charge in [0.25, 0.3) is 0 Å². The zero-order chi connectivity index (χ0) is 22.5. The third-order valence-electron chi connectivity index (χ3n) is 5.92. The number of nitrogens with zero attached hydrogens (tertiary/aromatic N) is 1. The third kappa shape index (κ3) is 4.74. The standard InChI is InChI=1S/C27H32N2O3/c1-29(2)14-15-32-26-18-22-21(17-25(26)31-4)12-13-28-27(22)23-16-20(10-11-24(23)30-3)19-8-6-5-7-9-19/h5-11,16-18,27-28H,12-15H2,1-4H3. The number of methoxy groups -OCH3 is 2. The smallest absolute Gasteiger partial charge is 0.161 e. The Labute approximate surface area is 190 Å². The maximum atomic E-state index is 6.11. The Bertz CT molecular complexity index is 1050. The summed E-state index contributed by atoms with van der Waals surface area (Å²) in [5.41, 5.74) is 5.97. The lowest BCUT2D eigenvalue weighted by Gasteiger charge is -2.30. The summed E-state index contributed by atoms with van der Waals surface area (Å²) in [7, 11) is 7.51. The van der Waals surface area contributed by atoms with Crippen LogP contribution in [-0.4, -0.2) is 52.9 Å². The van der Waals surface area contributed by atoms with Gasteiger partial charge in [-0.25, -0.2) is 0 Å². The lowest BCUT2D eigenvalue weighted by Crippen LogP contribution is -2.31. The van der Waals surface area contributed by atoms with E-state index in [2.05, 4.69) is 64.8 Å². The average molecular weight is 433 g/mol. The predicted octanol–water partition coefficient (Wildman–Crippen LogP) is 4.55. The molecule has 1 atom stereocenters. The third-order valence-corrected chi connectivity index (χ3v) is 5.92. The van der Waals surface area contributed by atoms with Crippen LogP contribution < -0.4 is 19.5 Å². The Kier molecular flexibility index (Phi) is 6.98. The first-order valence-electron chi connectivity index (χ1n) is 11.1. The van der Waals surface area contributed by atoms with E-state index in [0.717, 1.165) is 42.3 Å². The van der Waals surface area contributed by atoms with Crippen molar-refractivity contribution < 1.29 is 14.2 Å². The highest BCUT2D eigenvalue weighted by Crippen LogP contribution is 2.41. The molecule has 1 N–H and O–H groups in total. The van der Waals surface area contributed by atoms with Crippen LogP contribution in [0.25, 0.3) is 11.1 Å². The van der Waals surface area contributed by atoms with Crippen LogP contribution in [0.15, 0.2) is 60.7 Å². The number of nitrogens with one attached hydrogen (secondary N) is 1. The molecule has 5 nitrogen and oxygen atoms in total. The molecule has 0 radical (unpaired) electrons. The molecular formula is C27H32N2O3. The van der Waals surface area contributed by atoms with E-state index >= 15 is 0 Å². The molecule has 3 aromatic rings. The first-order chi connectivity index (χ1) is 15.6. The van der Waals surface area contributed by atoms with E-state index in [1.165, 1.54) is 22.3 Å². The molecule has 0 saturated heterocycles. The summed E-state index contributed by atoms with van der Waals surface area (Å²) in [4.78, 5) is 2.11. The fraction of sp³-hybridized carbons (Fsp3) is 0.333. The maximum absolute atomic E-state index is 6.11. The van der Waals surface area contributed by atoms with Gasteiger partial charge in [0.1, 0.15) is 12.4 Å². The van der Waals surface area contributed by atoms with Gasteiger partial charge in [0.05, 0.1) is 20.3 Å². The second kappa shape index (κ2) is 10.1. The Morgan fingerprint density at radius 2 is 1.62 bits per heavy atom. The van der Waals surface area contributed by atoms with E-state index < -0.39 is 0 Å². The fourth-order valence-electron chi connectivity index (χ4n) is 4.22. The number of rotatable bonds is 8. The van der Waals surface area contributed by atoms with Crippen molar-refractivity contribution in [3.8, 4) is 28.4 Å². The molecule has 0 bridgehead atoms. The highest BCUT2D eigenvalue weighted by Gasteiger charge is 2.26. The largest absolute Gasteiger partial charge is 0.496 e. The molecule has 1 aliphatic heterocycles. The summed E-state index contributed by atoms with van der Waals surface area (Å²) in [5, 5.41) is 3.70. The van der Waals surface area contributed by atoms with E-state index in [4.69, 9.17) is 14.2 Å². The molecule has 1 aliphatic rings. The van der Waals surface area contributed by atoms with Crippen molar-refractivity contribution in [1.82, 2.24) is 10.2 Å². The van der Waals surface area contributed by atoms with Crippen molar-refractivity contribution in [2.75, 3.05) is 48.0 Å². The second-order valence-corrected chi connectivity index (χ2v) is 8.31. The van der Waals surface area contributed by atoms with Gasteiger partial charge >= 0.3 is 0 Å². The summed E-state index contributed by atoms with van der Waals surface area (Å²) >= 11 is 0. The van der Waals surface area contributed by atoms with Crippen molar-refractivity contribution in [3.63, 3.8) is 0 Å². The highest BCUT2D eigenvalue weighted by atomic mass is 16.5. The Balaban J connectivity index is 1.75. The Morgan fingerprint density at radius 3 is 2.34 bits per heavy atom. The molecule has 0 amide bonds. The zero-order valence-electron chi connectivity index (χ0n) is 19.4. The van der Waals surface area contributed by atoms with Gasteiger partial charge < -0.3 is 24.4 Å². The van der Waals surface area contributed by atoms with Gasteiger partial charge in [-0.05, 0) is 67.0 Å². The van der Waals surface area contributed by atoms with Crippen LogP contribution in [0.3, 0.4) is 0 Å². The average Bonchev–Trinajstić information content (AvgIpc) is 2.83. The van der Waals surface area contributed by atoms with E-state index in [-0.39, 0.29) is 6.04 Å². The first-order valence-corrected chi connectivity index (χ1v) is 11.1. The van der Waals surface area contributed by atoms with E-state index in [9.17, 15) is 0 Å². The second-order valence-electron chi connectivity index (χ2n) is 8.31. The number of hydrogen-bond acceptors (Lipinski definition) is 5. The van der Waals surface area contributed by atoms with Gasteiger partial charge in [-0.15, -0.1) is 0 Å². The Morgan fingerprint density at radius 1 is 0.844 bits per heavy atom. The summed E-state index contributed by atoms with van der Waals surface area (Å²) < 4.78 is 17.5. The van der Waals surface area contributed by atoms with Crippen LogP contribution in [0.2, 0.25) is 0 Å². The van der Waals surface area contributed by atoms with E-state index in [1.807, 2.05) is 20.2 Å². The molecule has 0 saturated carbocycles. The molecule has 3 aromatic carbocycles. The quantitative estimate of drug-likeness (QED) is 0.566. The summed E-state index contributed by atoms with van der Waals surface area (Å²) in [5.74, 6) is 2.44. The minimum atomic E-state index is 0.0134. The van der Waals surface area contributed by atoms with Crippen molar-refractivity contribution in [3.05, 3.63) is 77.4 Å². The minimum Gasteiger partial charge on any atom is -0.496 e. The fourth-order valence-corrected chi connectivity index (χ4v) is 4.22. The molecule has 4 rings (SSSR count). The SMILES string of the molecule is COc1cc2c(cc1OCCN(C)C)C(c1cc(-c3ccccc3)ccc1OC)NCC2. The van der Waals surface area contributed by atoms with Crippen molar-refractivity contribution >= 4 is 0 Å². The van der Waals surface area contributed by atoms with Crippen molar-refractivity contribution in [1.29, 1.82) is 0 Å². The predicted molar refractivity (Wildman–Crippen MR) is 129 cm³/mol. The summed E-state index contributed by atoms with van der Waals surface area (Å²) in [6.07, 6.45) is 0.945. The van der Waals surface area contributed by atoms with Crippen molar-refractivity contribution in [2.24, 2.45) is 0 Å². The van der Waals surface area contributed by atoms with Gasteiger partial charge in [0, 0.05) is 18.7 Å². The van der Waals surface area contributed by atoms with E-state index in [1.54, 1.807) is 14.2 Å². The first kappa shape index (κ1) is 22.2. The number of ether oxygens (including phenoxy) is 3. The lowest BCUT2D eigenvalue weighted by molar-refractivity contribution is 0.250. The van der Waals surface area contributed by atoms with Crippen LogP contribution in [0, 0.1) is 0 Å². The topological polar surface area (TPSA) is 43.0 Å². The van der Waals surface area contributed by atoms with Crippen LogP contribution >= 0.6 is 0 Å². The van der Waals surface area contributed by atoms with Crippen LogP contribution in [0.1, 0.15) is 22.7 Å². The molecule has 0 fully saturated rings. The zero-order valence-corrected chi connectivity index (χ0v) is 19.4. The van der Waals surface area contributed by atoms with Gasteiger partial charge in [0.2, 0.25) is 0 Å². The molecule has 168 valence electrons. The summed E-state index contributed by atoms with van der Waals surface area (Å²) in [6, 6.07) is 21.1. The number of benzene rings is 3. The number of hydrogen-bond donors (Lipinski definition) is 1. The van der Waals surface area contributed by atoms with E-state index in [0.29, 0.717) is 6.61 Å². The lowest BCUT2D eigenvalue weighted by atomic mass is 9.87. The highest BCUT2D eigenvalue weighted by molar-refractivity contribution is 5.67. The monoisotopic (exact) mass is 432 g/mol. The molecule has 32 heavy (non-hydrogen) atoms. The maximum Gasteiger partial charge on any atom is 0.161 e. The molecular weight excluding hydrogens is 400 g/mol. The normalized spacial score (nSPS) is 15.3. The van der Waals surface area contributed by atoms with Gasteiger partial charge in [0.15, 0.2) is 11.5 Å². The van der Waals surface area contributed by atoms with Crippen LogP contribution in [0.4, 0.5) is 0 Å². The minimum absolute atomic E-state index is 0.0134. The van der Waals surface area contributed by atoms with Crippen LogP contribution in [-0.2, 0) is 6.42 Å². The van der Waals surface area contributed by atoms with Gasteiger partial charge in [-0.2, -0.15) is 0 Å². The molecule has 1 heterocycles.